The predicted octanol–water partition coefficient (Wildman–Crippen LogP) is 4.27. The summed E-state index contributed by atoms with van der Waals surface area (Å²) in [5, 5.41) is 5.04. The molecule has 3 nitrogen and oxygen atoms in total. The van der Waals surface area contributed by atoms with Crippen LogP contribution < -0.4 is 0 Å². The number of hydrogen-bond acceptors (Lipinski definition) is 2. The van der Waals surface area contributed by atoms with Crippen LogP contribution in [0.4, 0.5) is 0 Å². The Kier molecular flexibility index (Phi) is 3.22. The first-order valence-electron chi connectivity index (χ1n) is 5.84. The fourth-order valence-electron chi connectivity index (χ4n) is 2.08. The second-order valence-electron chi connectivity index (χ2n) is 4.47. The summed E-state index contributed by atoms with van der Waals surface area (Å²) in [5.41, 5.74) is 5.03. The van der Waals surface area contributed by atoms with Gasteiger partial charge in [0.2, 0.25) is 0 Å². The summed E-state index contributed by atoms with van der Waals surface area (Å²) in [6, 6.07) is 10.1. The molecule has 0 fully saturated rings. The molecule has 0 saturated carbocycles. The molecule has 0 N–H and O–H groups in total. The quantitative estimate of drug-likeness (QED) is 0.464. The van der Waals surface area contributed by atoms with Crippen molar-refractivity contribution in [1.82, 2.24) is 14.6 Å². The van der Waals surface area contributed by atoms with E-state index in [9.17, 15) is 0 Å². The third-order valence-electron chi connectivity index (χ3n) is 2.98. The average molecular weight is 384 g/mol. The largest absolute Gasteiger partial charge is 0.216 e. The smallest absolute Gasteiger partial charge is 0.170 e. The van der Waals surface area contributed by atoms with E-state index in [4.69, 9.17) is 11.6 Å². The van der Waals surface area contributed by atoms with Crippen LogP contribution in [0.1, 0.15) is 11.3 Å². The molecule has 0 radical (unpaired) electrons. The summed E-state index contributed by atoms with van der Waals surface area (Å²) < 4.78 is 2.90. The molecule has 2 heterocycles. The van der Waals surface area contributed by atoms with Gasteiger partial charge in [-0.25, -0.2) is 9.50 Å². The van der Waals surface area contributed by atoms with Gasteiger partial charge in [0.1, 0.15) is 5.15 Å². The number of hydrogen-bond donors (Lipinski definition) is 0. The lowest BCUT2D eigenvalue weighted by atomic mass is 10.1. The normalized spacial score (nSPS) is 11.2. The fourth-order valence-corrected chi connectivity index (χ4v) is 2.72. The highest BCUT2D eigenvalue weighted by atomic mass is 127. The van der Waals surface area contributed by atoms with Crippen LogP contribution >= 0.6 is 34.2 Å². The lowest BCUT2D eigenvalue weighted by Crippen LogP contribution is -1.97. The summed E-state index contributed by atoms with van der Waals surface area (Å²) in [7, 11) is 0. The van der Waals surface area contributed by atoms with Gasteiger partial charge in [-0.2, -0.15) is 5.10 Å². The number of aromatic nitrogens is 3. The van der Waals surface area contributed by atoms with Crippen molar-refractivity contribution in [3.63, 3.8) is 0 Å². The van der Waals surface area contributed by atoms with Gasteiger partial charge >= 0.3 is 0 Å². The molecule has 3 aromatic rings. The van der Waals surface area contributed by atoms with Gasteiger partial charge in [-0.15, -0.1) is 0 Å². The van der Waals surface area contributed by atoms with Crippen LogP contribution in [0.15, 0.2) is 30.3 Å². The number of fused-ring (bicyclic) bond motifs is 1. The first-order chi connectivity index (χ1) is 9.06. The highest BCUT2D eigenvalue weighted by molar-refractivity contribution is 14.1. The molecule has 0 amide bonds. The molecule has 0 aliphatic rings. The molecule has 0 spiro atoms. The summed E-state index contributed by atoms with van der Waals surface area (Å²) in [5.74, 6) is 0. The van der Waals surface area contributed by atoms with Gasteiger partial charge in [0.25, 0.3) is 0 Å². The maximum absolute atomic E-state index is 6.14. The number of aryl methyl sites for hydroxylation is 2. The van der Waals surface area contributed by atoms with Crippen LogP contribution in [-0.4, -0.2) is 14.6 Å². The molecule has 0 bridgehead atoms. The van der Waals surface area contributed by atoms with Gasteiger partial charge in [-0.3, -0.25) is 0 Å². The lowest BCUT2D eigenvalue weighted by Gasteiger charge is -2.06. The standard InChI is InChI=1S/C14H11ClIN3/c1-8-4-3-5-10(6-8)11-7-12(15)17-14-13(16)9(2)18-19(11)14/h3-7H,1-2H3. The minimum absolute atomic E-state index is 0.488. The zero-order chi connectivity index (χ0) is 13.6. The van der Waals surface area contributed by atoms with Crippen LogP contribution in [0.5, 0.6) is 0 Å². The van der Waals surface area contributed by atoms with Gasteiger partial charge in [-0.1, -0.05) is 35.4 Å². The van der Waals surface area contributed by atoms with Crippen molar-refractivity contribution in [3.05, 3.63) is 50.3 Å². The topological polar surface area (TPSA) is 30.2 Å². The third kappa shape index (κ3) is 2.23. The van der Waals surface area contributed by atoms with Crippen molar-refractivity contribution < 1.29 is 0 Å². The van der Waals surface area contributed by atoms with Crippen molar-refractivity contribution in [2.24, 2.45) is 0 Å². The minimum atomic E-state index is 0.488. The summed E-state index contributed by atoms with van der Waals surface area (Å²) >= 11 is 8.39. The van der Waals surface area contributed by atoms with E-state index in [-0.39, 0.29) is 0 Å². The van der Waals surface area contributed by atoms with E-state index in [1.807, 2.05) is 23.6 Å². The first kappa shape index (κ1) is 12.9. The number of rotatable bonds is 1. The van der Waals surface area contributed by atoms with Crippen LogP contribution in [0, 0.1) is 17.4 Å². The second kappa shape index (κ2) is 4.76. The fraction of sp³-hybridized carbons (Fsp3) is 0.143. The Bertz CT molecular complexity index is 780. The molecular weight excluding hydrogens is 373 g/mol. The Morgan fingerprint density at radius 3 is 2.74 bits per heavy atom. The van der Waals surface area contributed by atoms with E-state index in [2.05, 4.69) is 57.8 Å². The molecule has 0 aliphatic heterocycles. The maximum atomic E-state index is 6.14. The molecule has 1 aromatic carbocycles. The van der Waals surface area contributed by atoms with Gasteiger partial charge in [0, 0.05) is 11.6 Å². The number of halogens is 2. The Hall–Kier alpha value is -1.14. The molecule has 0 atom stereocenters. The van der Waals surface area contributed by atoms with Gasteiger partial charge < -0.3 is 0 Å². The Labute approximate surface area is 129 Å². The van der Waals surface area contributed by atoms with Crippen LogP contribution in [0.3, 0.4) is 0 Å². The van der Waals surface area contributed by atoms with Gasteiger partial charge in [0.05, 0.1) is 15.0 Å². The molecule has 0 aliphatic carbocycles. The molecule has 3 rings (SSSR count). The lowest BCUT2D eigenvalue weighted by molar-refractivity contribution is 0.925. The molecule has 19 heavy (non-hydrogen) atoms. The second-order valence-corrected chi connectivity index (χ2v) is 5.93. The van der Waals surface area contributed by atoms with Crippen molar-refractivity contribution in [3.8, 4) is 11.3 Å². The molecule has 0 saturated heterocycles. The van der Waals surface area contributed by atoms with Crippen molar-refractivity contribution in [2.45, 2.75) is 13.8 Å². The van der Waals surface area contributed by atoms with E-state index in [1.165, 1.54) is 5.56 Å². The van der Waals surface area contributed by atoms with Gasteiger partial charge in [0.15, 0.2) is 5.65 Å². The highest BCUT2D eigenvalue weighted by Crippen LogP contribution is 2.26. The van der Waals surface area contributed by atoms with Crippen molar-refractivity contribution in [2.75, 3.05) is 0 Å². The van der Waals surface area contributed by atoms with Gasteiger partial charge in [-0.05, 0) is 42.5 Å². The molecule has 0 unspecified atom stereocenters. The van der Waals surface area contributed by atoms with Crippen molar-refractivity contribution >= 4 is 39.8 Å². The average Bonchev–Trinajstić information content (AvgIpc) is 2.65. The summed E-state index contributed by atoms with van der Waals surface area (Å²) in [4.78, 5) is 4.36. The third-order valence-corrected chi connectivity index (χ3v) is 4.43. The van der Waals surface area contributed by atoms with Crippen LogP contribution in [0.2, 0.25) is 5.15 Å². The SMILES string of the molecule is Cc1cccc(-c2cc(Cl)nc3c(I)c(C)nn23)c1. The van der Waals surface area contributed by atoms with Crippen molar-refractivity contribution in [1.29, 1.82) is 0 Å². The zero-order valence-corrected chi connectivity index (χ0v) is 13.4. The van der Waals surface area contributed by atoms with E-state index >= 15 is 0 Å². The summed E-state index contributed by atoms with van der Waals surface area (Å²) in [6.45, 7) is 4.05. The van der Waals surface area contributed by atoms with E-state index in [0.717, 1.165) is 26.2 Å². The molecule has 2 aromatic heterocycles. The van der Waals surface area contributed by atoms with E-state index in [1.54, 1.807) is 0 Å². The Morgan fingerprint density at radius 2 is 2.00 bits per heavy atom. The maximum Gasteiger partial charge on any atom is 0.170 e. The van der Waals surface area contributed by atoms with Crippen LogP contribution in [-0.2, 0) is 0 Å². The van der Waals surface area contributed by atoms with Crippen LogP contribution in [0.25, 0.3) is 16.9 Å². The van der Waals surface area contributed by atoms with E-state index < -0.39 is 0 Å². The summed E-state index contributed by atoms with van der Waals surface area (Å²) in [6.07, 6.45) is 0. The number of nitrogens with zero attached hydrogens (tertiary/aromatic N) is 3. The van der Waals surface area contributed by atoms with E-state index in [0.29, 0.717) is 5.15 Å². The predicted molar refractivity (Wildman–Crippen MR) is 85.6 cm³/mol. The monoisotopic (exact) mass is 383 g/mol. The molecule has 96 valence electrons. The Morgan fingerprint density at radius 1 is 1.21 bits per heavy atom. The highest BCUT2D eigenvalue weighted by Gasteiger charge is 2.13. The Balaban J connectivity index is 2.37. The zero-order valence-electron chi connectivity index (χ0n) is 10.5. The number of benzene rings is 1. The minimum Gasteiger partial charge on any atom is -0.216 e. The first-order valence-corrected chi connectivity index (χ1v) is 7.30. The molecular formula is C14H11ClIN3. The molecule has 5 heteroatoms.